The molecule has 1 aromatic rings. The zero-order valence-corrected chi connectivity index (χ0v) is 12.3. The minimum Gasteiger partial charge on any atom is -0.409 e. The van der Waals surface area contributed by atoms with Gasteiger partial charge in [-0.25, -0.2) is 4.39 Å². The van der Waals surface area contributed by atoms with E-state index in [1.807, 2.05) is 0 Å². The molecule has 0 atom stereocenters. The van der Waals surface area contributed by atoms with Crippen LogP contribution in [0.25, 0.3) is 0 Å². The number of likely N-dealkylation sites (tertiary alicyclic amines) is 1. The fourth-order valence-corrected chi connectivity index (χ4v) is 2.74. The Balaban J connectivity index is 2.01. The van der Waals surface area contributed by atoms with Gasteiger partial charge < -0.3 is 15.7 Å². The third-order valence-corrected chi connectivity index (χ3v) is 3.97. The average molecular weight is 295 g/mol. The van der Waals surface area contributed by atoms with Crippen LogP contribution in [0.5, 0.6) is 0 Å². The molecule has 6 heteroatoms. The number of nitrogens with two attached hydrogens (primary N) is 1. The number of hydrogen-bond donors (Lipinski definition) is 2. The number of nitrogens with zero attached hydrogens (tertiary/aromatic N) is 2. The van der Waals surface area contributed by atoms with Crippen molar-refractivity contribution in [2.24, 2.45) is 16.8 Å². The molecule has 0 unspecified atom stereocenters. The van der Waals surface area contributed by atoms with E-state index >= 15 is 0 Å². The molecule has 1 aliphatic rings. The number of rotatable bonds is 5. The number of methoxy groups -OCH3 is 1. The van der Waals surface area contributed by atoms with Crippen molar-refractivity contribution in [1.29, 1.82) is 0 Å². The Labute approximate surface area is 124 Å². The quantitative estimate of drug-likeness (QED) is 0.376. The standard InChI is InChI=1S/C15H22FN3O2/c1-21-10-11-5-7-19(8-6-11)9-12-3-2-4-13(14(12)16)15(17)18-20/h2-4,11,20H,5-10H2,1H3,(H2,17,18). The van der Waals surface area contributed by atoms with Crippen LogP contribution in [0.1, 0.15) is 24.0 Å². The molecule has 21 heavy (non-hydrogen) atoms. The molecule has 0 saturated carbocycles. The van der Waals surface area contributed by atoms with Crippen molar-refractivity contribution in [2.45, 2.75) is 19.4 Å². The summed E-state index contributed by atoms with van der Waals surface area (Å²) in [5.74, 6) is -0.0143. The number of piperidine rings is 1. The van der Waals surface area contributed by atoms with Crippen molar-refractivity contribution in [3.63, 3.8) is 0 Å². The highest BCUT2D eigenvalue weighted by Gasteiger charge is 2.20. The van der Waals surface area contributed by atoms with E-state index in [0.29, 0.717) is 18.0 Å². The van der Waals surface area contributed by atoms with Gasteiger partial charge in [0.15, 0.2) is 5.84 Å². The molecule has 0 aliphatic carbocycles. The van der Waals surface area contributed by atoms with Crippen molar-refractivity contribution in [3.8, 4) is 0 Å². The number of hydrogen-bond acceptors (Lipinski definition) is 4. The van der Waals surface area contributed by atoms with Crippen LogP contribution >= 0.6 is 0 Å². The summed E-state index contributed by atoms with van der Waals surface area (Å²) in [6.07, 6.45) is 2.13. The topological polar surface area (TPSA) is 71.1 Å². The number of ether oxygens (including phenoxy) is 1. The van der Waals surface area contributed by atoms with Gasteiger partial charge in [-0.1, -0.05) is 17.3 Å². The first-order chi connectivity index (χ1) is 10.2. The van der Waals surface area contributed by atoms with Crippen LogP contribution in [0, 0.1) is 11.7 Å². The molecule has 1 heterocycles. The molecule has 3 N–H and O–H groups in total. The van der Waals surface area contributed by atoms with Gasteiger partial charge in [0, 0.05) is 25.8 Å². The molecule has 0 aromatic heterocycles. The third kappa shape index (κ3) is 3.92. The highest BCUT2D eigenvalue weighted by atomic mass is 19.1. The molecule has 0 bridgehead atoms. The Hall–Kier alpha value is -1.66. The molecule has 1 fully saturated rings. The van der Waals surface area contributed by atoms with E-state index in [1.54, 1.807) is 19.2 Å². The predicted octanol–water partition coefficient (Wildman–Crippen LogP) is 1.78. The Bertz CT molecular complexity index is 500. The fraction of sp³-hybridized carbons (Fsp3) is 0.533. The molecule has 1 saturated heterocycles. The van der Waals surface area contributed by atoms with Crippen LogP contribution in [0.15, 0.2) is 23.4 Å². The summed E-state index contributed by atoms with van der Waals surface area (Å²) in [6, 6.07) is 4.98. The van der Waals surface area contributed by atoms with Crippen LogP contribution in [-0.2, 0) is 11.3 Å². The van der Waals surface area contributed by atoms with Crippen molar-refractivity contribution >= 4 is 5.84 Å². The maximum absolute atomic E-state index is 14.3. The van der Waals surface area contributed by atoms with E-state index in [1.165, 1.54) is 6.07 Å². The van der Waals surface area contributed by atoms with E-state index in [2.05, 4.69) is 10.1 Å². The van der Waals surface area contributed by atoms with Gasteiger partial charge in [-0.15, -0.1) is 0 Å². The van der Waals surface area contributed by atoms with Gasteiger partial charge in [0.1, 0.15) is 5.82 Å². The summed E-state index contributed by atoms with van der Waals surface area (Å²) >= 11 is 0. The van der Waals surface area contributed by atoms with Crippen molar-refractivity contribution in [1.82, 2.24) is 4.90 Å². The SMILES string of the molecule is COCC1CCN(Cc2cccc(/C(N)=N/O)c2F)CC1. The lowest BCUT2D eigenvalue weighted by molar-refractivity contribution is 0.0963. The number of oxime groups is 1. The van der Waals surface area contributed by atoms with Gasteiger partial charge in [0.25, 0.3) is 0 Å². The summed E-state index contributed by atoms with van der Waals surface area (Å²) in [7, 11) is 1.72. The molecule has 0 radical (unpaired) electrons. The number of benzene rings is 1. The molecule has 0 spiro atoms. The minimum absolute atomic E-state index is 0.143. The second-order valence-corrected chi connectivity index (χ2v) is 5.44. The van der Waals surface area contributed by atoms with Gasteiger partial charge >= 0.3 is 0 Å². The first-order valence-corrected chi connectivity index (χ1v) is 7.12. The summed E-state index contributed by atoms with van der Waals surface area (Å²) < 4.78 is 19.5. The molecule has 5 nitrogen and oxygen atoms in total. The Kier molecular flexibility index (Phi) is 5.52. The summed E-state index contributed by atoms with van der Waals surface area (Å²) in [6.45, 7) is 3.20. The fourth-order valence-electron chi connectivity index (χ4n) is 2.74. The van der Waals surface area contributed by atoms with E-state index in [9.17, 15) is 4.39 Å². The summed E-state index contributed by atoms with van der Waals surface area (Å²) in [5.41, 5.74) is 6.20. The largest absolute Gasteiger partial charge is 0.409 e. The Morgan fingerprint density at radius 1 is 1.48 bits per heavy atom. The minimum atomic E-state index is -0.410. The van der Waals surface area contributed by atoms with Gasteiger partial charge in [-0.3, -0.25) is 4.90 Å². The van der Waals surface area contributed by atoms with E-state index in [-0.39, 0.29) is 11.4 Å². The van der Waals surface area contributed by atoms with E-state index in [0.717, 1.165) is 32.5 Å². The molecule has 1 aliphatic heterocycles. The second kappa shape index (κ2) is 7.38. The molecule has 116 valence electrons. The average Bonchev–Trinajstić information content (AvgIpc) is 2.51. The normalized spacial score (nSPS) is 18.1. The summed E-state index contributed by atoms with van der Waals surface area (Å²) in [4.78, 5) is 2.22. The first-order valence-electron chi connectivity index (χ1n) is 7.12. The first kappa shape index (κ1) is 15.7. The highest BCUT2D eigenvalue weighted by molar-refractivity contribution is 5.97. The lowest BCUT2D eigenvalue weighted by Gasteiger charge is -2.31. The van der Waals surface area contributed by atoms with Crippen LogP contribution in [0.2, 0.25) is 0 Å². The molecule has 0 amide bonds. The van der Waals surface area contributed by atoms with E-state index in [4.69, 9.17) is 15.7 Å². The molecule has 2 rings (SSSR count). The van der Waals surface area contributed by atoms with Gasteiger partial charge in [-0.05, 0) is 37.9 Å². The van der Waals surface area contributed by atoms with Crippen molar-refractivity contribution in [3.05, 3.63) is 35.1 Å². The maximum atomic E-state index is 14.3. The van der Waals surface area contributed by atoms with Crippen LogP contribution in [0.3, 0.4) is 0 Å². The molecular formula is C15H22FN3O2. The lowest BCUT2D eigenvalue weighted by Crippen LogP contribution is -2.34. The Morgan fingerprint density at radius 2 is 2.19 bits per heavy atom. The maximum Gasteiger partial charge on any atom is 0.173 e. The number of halogens is 1. The second-order valence-electron chi connectivity index (χ2n) is 5.44. The highest BCUT2D eigenvalue weighted by Crippen LogP contribution is 2.21. The van der Waals surface area contributed by atoms with Crippen molar-refractivity contribution in [2.75, 3.05) is 26.8 Å². The van der Waals surface area contributed by atoms with Crippen molar-refractivity contribution < 1.29 is 14.3 Å². The van der Waals surface area contributed by atoms with Gasteiger partial charge in [0.2, 0.25) is 0 Å². The van der Waals surface area contributed by atoms with Crippen LogP contribution < -0.4 is 5.73 Å². The smallest absolute Gasteiger partial charge is 0.173 e. The summed E-state index contributed by atoms with van der Waals surface area (Å²) in [5, 5.41) is 11.5. The zero-order chi connectivity index (χ0) is 15.2. The van der Waals surface area contributed by atoms with Gasteiger partial charge in [-0.2, -0.15) is 0 Å². The lowest BCUT2D eigenvalue weighted by atomic mass is 9.97. The molecular weight excluding hydrogens is 273 g/mol. The van der Waals surface area contributed by atoms with Crippen LogP contribution in [-0.4, -0.2) is 42.7 Å². The molecule has 1 aromatic carbocycles. The number of amidine groups is 1. The van der Waals surface area contributed by atoms with Crippen LogP contribution in [0.4, 0.5) is 4.39 Å². The third-order valence-electron chi connectivity index (χ3n) is 3.97. The monoisotopic (exact) mass is 295 g/mol. The predicted molar refractivity (Wildman–Crippen MR) is 78.8 cm³/mol. The Morgan fingerprint density at radius 3 is 2.81 bits per heavy atom. The zero-order valence-electron chi connectivity index (χ0n) is 12.3. The van der Waals surface area contributed by atoms with Gasteiger partial charge in [0.05, 0.1) is 5.56 Å². The van der Waals surface area contributed by atoms with E-state index < -0.39 is 5.82 Å².